The van der Waals surface area contributed by atoms with Gasteiger partial charge in [0, 0.05) is 35.3 Å². The largest absolute Gasteiger partial charge is 0.377 e. The summed E-state index contributed by atoms with van der Waals surface area (Å²) in [7, 11) is 0. The smallest absolute Gasteiger partial charge is 0.137 e. The molecule has 102 valence electrons. The molecule has 0 aromatic carbocycles. The van der Waals surface area contributed by atoms with Crippen molar-refractivity contribution in [3.8, 4) is 0 Å². The average Bonchev–Trinajstić information content (AvgIpc) is 2.94. The predicted molar refractivity (Wildman–Crippen MR) is 81.5 cm³/mol. The molecule has 5 heteroatoms. The summed E-state index contributed by atoms with van der Waals surface area (Å²) in [5.74, 6) is 1.70. The average molecular weight is 297 g/mol. The third-order valence-corrected chi connectivity index (χ3v) is 4.57. The molecule has 0 radical (unpaired) electrons. The fourth-order valence-corrected chi connectivity index (χ4v) is 3.44. The molecule has 0 bridgehead atoms. The molecule has 0 amide bonds. The number of nitrogens with zero attached hydrogens (tertiary/aromatic N) is 2. The fraction of sp³-hybridized carbons (Fsp3) is 0.500. The molecule has 1 aliphatic rings. The van der Waals surface area contributed by atoms with Gasteiger partial charge in [-0.3, -0.25) is 0 Å². The molecule has 19 heavy (non-hydrogen) atoms. The maximum atomic E-state index is 5.71. The standard InChI is InChI=1S/C14H17ClN2OS/c15-5-9-18-11-2-7-17(8-3-11)14-12-4-10-19-13(12)1-6-16-14/h1,4,6,10-11H,2-3,5,7-9H2. The van der Waals surface area contributed by atoms with E-state index >= 15 is 0 Å². The normalized spacial score (nSPS) is 17.2. The van der Waals surface area contributed by atoms with Gasteiger partial charge in [-0.15, -0.1) is 22.9 Å². The van der Waals surface area contributed by atoms with Gasteiger partial charge in [-0.2, -0.15) is 0 Å². The molecule has 0 saturated carbocycles. The van der Waals surface area contributed by atoms with Crippen LogP contribution in [0.3, 0.4) is 0 Å². The Labute approximate surface area is 122 Å². The minimum atomic E-state index is 0.358. The highest BCUT2D eigenvalue weighted by atomic mass is 35.5. The highest BCUT2D eigenvalue weighted by Gasteiger charge is 2.21. The van der Waals surface area contributed by atoms with Crippen molar-refractivity contribution in [2.75, 3.05) is 30.5 Å². The number of ether oxygens (including phenoxy) is 1. The van der Waals surface area contributed by atoms with Gasteiger partial charge in [-0.1, -0.05) is 0 Å². The van der Waals surface area contributed by atoms with Gasteiger partial charge in [0.15, 0.2) is 0 Å². The van der Waals surface area contributed by atoms with E-state index in [-0.39, 0.29) is 0 Å². The molecule has 1 fully saturated rings. The Morgan fingerprint density at radius 2 is 2.21 bits per heavy atom. The molecule has 0 unspecified atom stereocenters. The van der Waals surface area contributed by atoms with Gasteiger partial charge in [0.2, 0.25) is 0 Å². The number of pyridine rings is 1. The molecule has 1 aliphatic heterocycles. The first-order valence-electron chi connectivity index (χ1n) is 6.63. The van der Waals surface area contributed by atoms with Crippen LogP contribution in [0.15, 0.2) is 23.7 Å². The van der Waals surface area contributed by atoms with Crippen LogP contribution in [0.2, 0.25) is 0 Å². The van der Waals surface area contributed by atoms with Crippen LogP contribution in [0, 0.1) is 0 Å². The monoisotopic (exact) mass is 296 g/mol. The number of anilines is 1. The lowest BCUT2D eigenvalue weighted by Crippen LogP contribution is -2.37. The molecule has 2 aromatic heterocycles. The van der Waals surface area contributed by atoms with Crippen LogP contribution in [-0.2, 0) is 4.74 Å². The second-order valence-electron chi connectivity index (χ2n) is 4.71. The maximum absolute atomic E-state index is 5.71. The zero-order valence-electron chi connectivity index (χ0n) is 10.7. The molecule has 0 aliphatic carbocycles. The van der Waals surface area contributed by atoms with Gasteiger partial charge in [0.1, 0.15) is 5.82 Å². The van der Waals surface area contributed by atoms with Gasteiger partial charge in [0.05, 0.1) is 12.7 Å². The molecular formula is C14H17ClN2OS. The summed E-state index contributed by atoms with van der Waals surface area (Å²) in [4.78, 5) is 6.93. The first-order chi connectivity index (χ1) is 9.38. The Kier molecular flexibility index (Phi) is 4.21. The summed E-state index contributed by atoms with van der Waals surface area (Å²) < 4.78 is 7.02. The Balaban J connectivity index is 1.69. The number of halogens is 1. The molecule has 3 heterocycles. The van der Waals surface area contributed by atoms with Gasteiger partial charge in [0.25, 0.3) is 0 Å². The second-order valence-corrected chi connectivity index (χ2v) is 6.04. The predicted octanol–water partition coefficient (Wildman–Crippen LogP) is 3.52. The van der Waals surface area contributed by atoms with Gasteiger partial charge < -0.3 is 9.64 Å². The lowest BCUT2D eigenvalue weighted by molar-refractivity contribution is 0.0471. The number of piperidine rings is 1. The number of hydrogen-bond acceptors (Lipinski definition) is 4. The number of fused-ring (bicyclic) bond motifs is 1. The minimum Gasteiger partial charge on any atom is -0.377 e. The van der Waals surface area contributed by atoms with Gasteiger partial charge in [-0.05, 0) is 30.4 Å². The van der Waals surface area contributed by atoms with Crippen molar-refractivity contribution in [2.24, 2.45) is 0 Å². The Bertz CT molecular complexity index is 537. The Morgan fingerprint density at radius 3 is 3.00 bits per heavy atom. The molecule has 0 N–H and O–H groups in total. The zero-order valence-corrected chi connectivity index (χ0v) is 12.3. The van der Waals surface area contributed by atoms with Crippen LogP contribution in [0.5, 0.6) is 0 Å². The molecule has 1 saturated heterocycles. The molecule has 2 aromatic rings. The minimum absolute atomic E-state index is 0.358. The van der Waals surface area contributed by atoms with Gasteiger partial charge >= 0.3 is 0 Å². The second kappa shape index (κ2) is 6.07. The van der Waals surface area contributed by atoms with Crippen molar-refractivity contribution < 1.29 is 4.74 Å². The third kappa shape index (κ3) is 2.86. The van der Waals surface area contributed by atoms with E-state index in [2.05, 4.69) is 27.4 Å². The molecule has 0 spiro atoms. The molecule has 0 atom stereocenters. The van der Waals surface area contributed by atoms with E-state index in [4.69, 9.17) is 16.3 Å². The van der Waals surface area contributed by atoms with E-state index in [1.807, 2.05) is 6.20 Å². The van der Waals surface area contributed by atoms with Crippen LogP contribution in [0.25, 0.3) is 10.1 Å². The summed E-state index contributed by atoms with van der Waals surface area (Å²) in [5, 5.41) is 3.40. The molecular weight excluding hydrogens is 280 g/mol. The van der Waals surface area contributed by atoms with Crippen LogP contribution in [-0.4, -0.2) is 36.7 Å². The van der Waals surface area contributed by atoms with E-state index in [9.17, 15) is 0 Å². The number of rotatable bonds is 4. The van der Waals surface area contributed by atoms with E-state index in [0.717, 1.165) is 31.7 Å². The lowest BCUT2D eigenvalue weighted by atomic mass is 10.1. The number of alkyl halides is 1. The summed E-state index contributed by atoms with van der Waals surface area (Å²) in [6.45, 7) is 2.68. The van der Waals surface area contributed by atoms with E-state index < -0.39 is 0 Å². The summed E-state index contributed by atoms with van der Waals surface area (Å²) in [6.07, 6.45) is 4.37. The van der Waals surface area contributed by atoms with E-state index in [1.165, 1.54) is 10.1 Å². The van der Waals surface area contributed by atoms with Crippen LogP contribution >= 0.6 is 22.9 Å². The highest BCUT2D eigenvalue weighted by molar-refractivity contribution is 7.17. The topological polar surface area (TPSA) is 25.4 Å². The molecule has 3 rings (SSSR count). The van der Waals surface area contributed by atoms with Crippen molar-refractivity contribution in [3.63, 3.8) is 0 Å². The summed E-state index contributed by atoms with van der Waals surface area (Å²) >= 11 is 7.43. The SMILES string of the molecule is ClCCOC1CCN(c2nccc3sccc23)CC1. The van der Waals surface area contributed by atoms with Crippen molar-refractivity contribution >= 4 is 38.8 Å². The van der Waals surface area contributed by atoms with E-state index in [1.54, 1.807) is 11.3 Å². The van der Waals surface area contributed by atoms with Crippen molar-refractivity contribution in [2.45, 2.75) is 18.9 Å². The Hall–Kier alpha value is -0.840. The van der Waals surface area contributed by atoms with Crippen molar-refractivity contribution in [1.29, 1.82) is 0 Å². The quantitative estimate of drug-likeness (QED) is 0.807. The first kappa shape index (κ1) is 13.2. The number of hydrogen-bond donors (Lipinski definition) is 0. The van der Waals surface area contributed by atoms with Crippen LogP contribution in [0.4, 0.5) is 5.82 Å². The summed E-state index contributed by atoms with van der Waals surface area (Å²) in [5.41, 5.74) is 0. The molecule has 3 nitrogen and oxygen atoms in total. The Morgan fingerprint density at radius 1 is 1.37 bits per heavy atom. The first-order valence-corrected chi connectivity index (χ1v) is 8.04. The van der Waals surface area contributed by atoms with E-state index in [0.29, 0.717) is 18.6 Å². The van der Waals surface area contributed by atoms with Crippen molar-refractivity contribution in [3.05, 3.63) is 23.7 Å². The van der Waals surface area contributed by atoms with Crippen LogP contribution in [0.1, 0.15) is 12.8 Å². The van der Waals surface area contributed by atoms with Crippen molar-refractivity contribution in [1.82, 2.24) is 4.98 Å². The fourth-order valence-electron chi connectivity index (χ4n) is 2.58. The zero-order chi connectivity index (χ0) is 13.1. The van der Waals surface area contributed by atoms with Gasteiger partial charge in [-0.25, -0.2) is 4.98 Å². The number of thiophene rings is 1. The third-order valence-electron chi connectivity index (χ3n) is 3.53. The lowest BCUT2D eigenvalue weighted by Gasteiger charge is -2.33. The highest BCUT2D eigenvalue weighted by Crippen LogP contribution is 2.30. The van der Waals surface area contributed by atoms with Crippen LogP contribution < -0.4 is 4.90 Å². The summed E-state index contributed by atoms with van der Waals surface area (Å²) in [6, 6.07) is 4.25. The maximum Gasteiger partial charge on any atom is 0.137 e. The number of aromatic nitrogens is 1.